The number of aliphatic hydroxyl groups is 1. The molecule has 0 radical (unpaired) electrons. The zero-order valence-electron chi connectivity index (χ0n) is 9.96. The molecule has 4 nitrogen and oxygen atoms in total. The SMILES string of the molecule is [3H]c1c(C(C)(C)O)c(N)cc2c(C)noc12. The molecule has 4 heteroatoms. The van der Waals surface area contributed by atoms with Crippen molar-refractivity contribution >= 4 is 16.7 Å². The minimum absolute atomic E-state index is 0.100. The van der Waals surface area contributed by atoms with Crippen LogP contribution in [0.5, 0.6) is 0 Å². The van der Waals surface area contributed by atoms with E-state index in [1.807, 2.05) is 0 Å². The van der Waals surface area contributed by atoms with Gasteiger partial charge < -0.3 is 15.4 Å². The van der Waals surface area contributed by atoms with Gasteiger partial charge in [0, 0.05) is 16.6 Å². The average molecular weight is 208 g/mol. The van der Waals surface area contributed by atoms with Crippen LogP contribution >= 0.6 is 0 Å². The molecule has 1 heterocycles. The molecule has 0 unspecified atom stereocenters. The van der Waals surface area contributed by atoms with E-state index in [2.05, 4.69) is 5.16 Å². The van der Waals surface area contributed by atoms with Gasteiger partial charge in [-0.05, 0) is 32.9 Å². The smallest absolute Gasteiger partial charge is 0.167 e. The van der Waals surface area contributed by atoms with Gasteiger partial charge in [-0.15, -0.1) is 0 Å². The molecule has 15 heavy (non-hydrogen) atoms. The topological polar surface area (TPSA) is 72.3 Å². The maximum absolute atomic E-state index is 9.95. The molecular formula is C11H14N2O2. The van der Waals surface area contributed by atoms with Gasteiger partial charge in [0.15, 0.2) is 5.58 Å². The second-order valence-corrected chi connectivity index (χ2v) is 4.17. The van der Waals surface area contributed by atoms with Gasteiger partial charge >= 0.3 is 0 Å². The third-order valence-electron chi connectivity index (χ3n) is 2.35. The lowest BCUT2D eigenvalue weighted by Gasteiger charge is -2.19. The van der Waals surface area contributed by atoms with Crippen LogP contribution in [-0.2, 0) is 5.60 Å². The Bertz CT molecular complexity index is 555. The van der Waals surface area contributed by atoms with Crippen LogP contribution < -0.4 is 5.73 Å². The van der Waals surface area contributed by atoms with Crippen LogP contribution in [0.3, 0.4) is 0 Å². The van der Waals surface area contributed by atoms with Crippen molar-refractivity contribution in [1.29, 1.82) is 0 Å². The summed E-state index contributed by atoms with van der Waals surface area (Å²) in [5, 5.41) is 14.5. The largest absolute Gasteiger partial charge is 0.398 e. The molecule has 0 saturated heterocycles. The van der Waals surface area contributed by atoms with E-state index in [1.54, 1.807) is 26.8 Å². The van der Waals surface area contributed by atoms with E-state index in [-0.39, 0.29) is 6.04 Å². The van der Waals surface area contributed by atoms with Gasteiger partial charge in [-0.2, -0.15) is 0 Å². The Morgan fingerprint density at radius 2 is 2.27 bits per heavy atom. The zero-order valence-corrected chi connectivity index (χ0v) is 8.96. The Labute approximate surface area is 89.1 Å². The summed E-state index contributed by atoms with van der Waals surface area (Å²) in [5.41, 5.74) is 6.50. The Balaban J connectivity index is 2.87. The van der Waals surface area contributed by atoms with Crippen molar-refractivity contribution in [2.24, 2.45) is 0 Å². The van der Waals surface area contributed by atoms with E-state index in [0.717, 1.165) is 5.39 Å². The third kappa shape index (κ3) is 1.57. The molecule has 1 aromatic carbocycles. The molecule has 0 atom stereocenters. The van der Waals surface area contributed by atoms with Crippen LogP contribution in [0.2, 0.25) is 0 Å². The van der Waals surface area contributed by atoms with Gasteiger partial charge in [-0.3, -0.25) is 0 Å². The number of rotatable bonds is 1. The first-order valence-electron chi connectivity index (χ1n) is 5.20. The van der Waals surface area contributed by atoms with E-state index in [1.165, 1.54) is 0 Å². The molecule has 1 aromatic heterocycles. The number of hydrogen-bond acceptors (Lipinski definition) is 4. The fraction of sp³-hybridized carbons (Fsp3) is 0.364. The predicted octanol–water partition coefficient (Wildman–Crippen LogP) is 1.95. The van der Waals surface area contributed by atoms with Gasteiger partial charge in [0.1, 0.15) is 0 Å². The Morgan fingerprint density at radius 3 is 2.87 bits per heavy atom. The lowest BCUT2D eigenvalue weighted by atomic mass is 9.95. The van der Waals surface area contributed by atoms with Crippen molar-refractivity contribution in [3.63, 3.8) is 0 Å². The summed E-state index contributed by atoms with van der Waals surface area (Å²) in [7, 11) is 0. The maximum atomic E-state index is 9.95. The number of benzene rings is 1. The Hall–Kier alpha value is -1.55. The summed E-state index contributed by atoms with van der Waals surface area (Å²) in [5.74, 6) is 0. The highest BCUT2D eigenvalue weighted by Gasteiger charge is 2.21. The summed E-state index contributed by atoms with van der Waals surface area (Å²) in [6, 6.07) is 1.79. The number of fused-ring (bicyclic) bond motifs is 1. The number of aryl methyl sites for hydroxylation is 1. The number of anilines is 1. The van der Waals surface area contributed by atoms with Crippen molar-refractivity contribution in [3.8, 4) is 0 Å². The number of hydrogen-bond donors (Lipinski definition) is 2. The quantitative estimate of drug-likeness (QED) is 0.702. The average Bonchev–Trinajstić information content (AvgIpc) is 2.46. The Morgan fingerprint density at radius 1 is 1.60 bits per heavy atom. The number of aromatic nitrogens is 1. The number of nitrogen functional groups attached to an aromatic ring is 1. The lowest BCUT2D eigenvalue weighted by molar-refractivity contribution is 0.0794. The van der Waals surface area contributed by atoms with Crippen molar-refractivity contribution in [3.05, 3.63) is 23.4 Å². The molecule has 0 amide bonds. The summed E-state index contributed by atoms with van der Waals surface area (Å²) < 4.78 is 13.0. The highest BCUT2D eigenvalue weighted by atomic mass is 16.5. The molecule has 2 aromatic rings. The summed E-state index contributed by atoms with van der Waals surface area (Å²) in [4.78, 5) is 0. The van der Waals surface area contributed by atoms with Gasteiger partial charge in [-0.1, -0.05) is 5.16 Å². The zero-order chi connectivity index (χ0) is 12.1. The maximum Gasteiger partial charge on any atom is 0.167 e. The molecule has 2 rings (SSSR count). The van der Waals surface area contributed by atoms with E-state index in [9.17, 15) is 5.11 Å². The highest BCUT2D eigenvalue weighted by Crippen LogP contribution is 2.31. The first-order chi connectivity index (χ1) is 7.32. The molecule has 0 bridgehead atoms. The van der Waals surface area contributed by atoms with Gasteiger partial charge in [0.25, 0.3) is 0 Å². The molecule has 0 aliphatic rings. The van der Waals surface area contributed by atoms with E-state index in [4.69, 9.17) is 11.6 Å². The van der Waals surface area contributed by atoms with Crippen LogP contribution in [-0.4, -0.2) is 10.3 Å². The van der Waals surface area contributed by atoms with Crippen molar-refractivity contribution in [1.82, 2.24) is 5.16 Å². The second-order valence-electron chi connectivity index (χ2n) is 4.17. The van der Waals surface area contributed by atoms with E-state index >= 15 is 0 Å². The highest BCUT2D eigenvalue weighted by molar-refractivity contribution is 5.84. The van der Waals surface area contributed by atoms with Crippen molar-refractivity contribution in [2.45, 2.75) is 26.4 Å². The van der Waals surface area contributed by atoms with E-state index in [0.29, 0.717) is 22.5 Å². The summed E-state index contributed by atoms with van der Waals surface area (Å²) in [6.07, 6.45) is 0. The van der Waals surface area contributed by atoms with Crippen LogP contribution in [0.15, 0.2) is 16.6 Å². The number of nitrogens with two attached hydrogens (primary N) is 1. The minimum atomic E-state index is -1.17. The molecule has 0 saturated carbocycles. The lowest BCUT2D eigenvalue weighted by Crippen LogP contribution is -2.17. The third-order valence-corrected chi connectivity index (χ3v) is 2.35. The van der Waals surface area contributed by atoms with Gasteiger partial charge in [0.05, 0.1) is 12.7 Å². The molecule has 80 valence electrons. The van der Waals surface area contributed by atoms with Gasteiger partial charge in [-0.25, -0.2) is 0 Å². The normalized spacial score (nSPS) is 13.2. The summed E-state index contributed by atoms with van der Waals surface area (Å²) >= 11 is 0. The fourth-order valence-corrected chi connectivity index (χ4v) is 1.56. The van der Waals surface area contributed by atoms with Crippen molar-refractivity contribution in [2.75, 3.05) is 5.73 Å². The van der Waals surface area contributed by atoms with Crippen LogP contribution in [0, 0.1) is 6.92 Å². The fourth-order valence-electron chi connectivity index (χ4n) is 1.56. The first kappa shape index (κ1) is 8.73. The standard InChI is InChI=1S/C11H14N2O2/c1-6-7-4-9(12)8(11(2,3)14)5-10(7)15-13-6/h4-5,14H,12H2,1-3H3/i5T. The van der Waals surface area contributed by atoms with Crippen LogP contribution in [0.25, 0.3) is 11.0 Å². The number of nitrogens with zero attached hydrogens (tertiary/aromatic N) is 1. The predicted molar refractivity (Wildman–Crippen MR) is 58.4 cm³/mol. The molecular weight excluding hydrogens is 192 g/mol. The molecule has 3 N–H and O–H groups in total. The minimum Gasteiger partial charge on any atom is -0.398 e. The Kier molecular flexibility index (Phi) is 1.73. The van der Waals surface area contributed by atoms with E-state index < -0.39 is 5.60 Å². The van der Waals surface area contributed by atoms with Crippen LogP contribution in [0.1, 0.15) is 26.5 Å². The van der Waals surface area contributed by atoms with Gasteiger partial charge in [0.2, 0.25) is 0 Å². The molecule has 0 aliphatic heterocycles. The van der Waals surface area contributed by atoms with Crippen molar-refractivity contribution < 1.29 is 11.0 Å². The molecule has 0 spiro atoms. The monoisotopic (exact) mass is 208 g/mol. The van der Waals surface area contributed by atoms with Crippen LogP contribution in [0.4, 0.5) is 5.69 Å². The molecule has 0 fully saturated rings. The first-order valence-corrected chi connectivity index (χ1v) is 4.70. The second kappa shape index (κ2) is 2.97. The molecule has 0 aliphatic carbocycles. The summed E-state index contributed by atoms with van der Waals surface area (Å²) in [6.45, 7) is 4.96.